The van der Waals surface area contributed by atoms with E-state index < -0.39 is 0 Å². The molecule has 0 spiro atoms. The third kappa shape index (κ3) is 3.36. The first-order chi connectivity index (χ1) is 9.86. The van der Waals surface area contributed by atoms with Crippen molar-refractivity contribution in [2.24, 2.45) is 5.73 Å². The molecule has 0 saturated carbocycles. The largest absolute Gasteiger partial charge is 0.497 e. The summed E-state index contributed by atoms with van der Waals surface area (Å²) >= 11 is 1.59. The summed E-state index contributed by atoms with van der Waals surface area (Å²) in [6, 6.07) is 5.36. The molecule has 0 fully saturated rings. The fourth-order valence-electron chi connectivity index (χ4n) is 1.98. The van der Waals surface area contributed by atoms with Gasteiger partial charge in [0.2, 0.25) is 0 Å². The molecular weight excluding hydrogens is 284 g/mol. The smallest absolute Gasteiger partial charge is 0.127 e. The lowest BCUT2D eigenvalue weighted by molar-refractivity contribution is 0.390. The van der Waals surface area contributed by atoms with Gasteiger partial charge in [0, 0.05) is 22.4 Å². The van der Waals surface area contributed by atoms with Crippen LogP contribution in [0.4, 0.5) is 0 Å². The van der Waals surface area contributed by atoms with Crippen molar-refractivity contribution in [3.8, 4) is 11.5 Å². The van der Waals surface area contributed by atoms with Crippen molar-refractivity contribution in [1.82, 2.24) is 4.98 Å². The number of ether oxygens (including phenoxy) is 2. The molecule has 1 aromatic heterocycles. The van der Waals surface area contributed by atoms with E-state index in [0.717, 1.165) is 22.0 Å². The van der Waals surface area contributed by atoms with Crippen LogP contribution >= 0.6 is 11.3 Å². The van der Waals surface area contributed by atoms with Crippen molar-refractivity contribution in [3.63, 3.8) is 0 Å². The fourth-order valence-corrected chi connectivity index (χ4v) is 3.05. The third-order valence-electron chi connectivity index (χ3n) is 3.33. The number of rotatable bonds is 4. The van der Waals surface area contributed by atoms with E-state index in [0.29, 0.717) is 5.75 Å². The van der Waals surface area contributed by atoms with Gasteiger partial charge in [-0.25, -0.2) is 4.98 Å². The minimum absolute atomic E-state index is 0.0263. The Morgan fingerprint density at radius 1 is 1.19 bits per heavy atom. The van der Waals surface area contributed by atoms with Gasteiger partial charge in [-0.15, -0.1) is 11.3 Å². The molecule has 1 atom stereocenters. The summed E-state index contributed by atoms with van der Waals surface area (Å²) < 4.78 is 10.6. The Morgan fingerprint density at radius 2 is 1.90 bits per heavy atom. The zero-order valence-electron chi connectivity index (χ0n) is 13.1. The zero-order valence-corrected chi connectivity index (χ0v) is 14.0. The van der Waals surface area contributed by atoms with Crippen molar-refractivity contribution >= 4 is 11.3 Å². The lowest BCUT2D eigenvalue weighted by Gasteiger charge is -2.16. The van der Waals surface area contributed by atoms with Gasteiger partial charge in [0.25, 0.3) is 0 Å². The number of thiazole rings is 1. The molecule has 1 heterocycles. The van der Waals surface area contributed by atoms with E-state index in [9.17, 15) is 0 Å². The van der Waals surface area contributed by atoms with Gasteiger partial charge >= 0.3 is 0 Å². The van der Waals surface area contributed by atoms with Gasteiger partial charge in [0.1, 0.15) is 16.5 Å². The Balaban J connectivity index is 2.35. The van der Waals surface area contributed by atoms with Gasteiger partial charge in [-0.05, 0) is 12.1 Å². The first kappa shape index (κ1) is 15.8. The molecule has 114 valence electrons. The van der Waals surface area contributed by atoms with E-state index in [2.05, 4.69) is 31.1 Å². The van der Waals surface area contributed by atoms with E-state index in [1.807, 2.05) is 18.2 Å². The maximum Gasteiger partial charge on any atom is 0.127 e. The molecule has 0 aliphatic rings. The molecule has 0 amide bonds. The van der Waals surface area contributed by atoms with Gasteiger partial charge < -0.3 is 15.2 Å². The minimum atomic E-state index is -0.299. The van der Waals surface area contributed by atoms with E-state index in [4.69, 9.17) is 15.2 Å². The summed E-state index contributed by atoms with van der Waals surface area (Å²) in [4.78, 5) is 4.68. The summed E-state index contributed by atoms with van der Waals surface area (Å²) in [7, 11) is 3.26. The molecule has 0 bridgehead atoms. The maximum absolute atomic E-state index is 6.37. The second-order valence-electron chi connectivity index (χ2n) is 5.91. The van der Waals surface area contributed by atoms with Crippen LogP contribution in [0.25, 0.3) is 0 Å². The maximum atomic E-state index is 6.37. The van der Waals surface area contributed by atoms with Crippen LogP contribution in [0, 0.1) is 0 Å². The Labute approximate surface area is 129 Å². The van der Waals surface area contributed by atoms with E-state index in [-0.39, 0.29) is 11.5 Å². The lowest BCUT2D eigenvalue weighted by atomic mass is 9.93. The van der Waals surface area contributed by atoms with Crippen LogP contribution in [-0.4, -0.2) is 19.2 Å². The molecule has 21 heavy (non-hydrogen) atoms. The molecule has 1 aromatic carbocycles. The highest BCUT2D eigenvalue weighted by Gasteiger charge is 2.22. The molecule has 1 unspecified atom stereocenters. The highest BCUT2D eigenvalue weighted by molar-refractivity contribution is 7.09. The van der Waals surface area contributed by atoms with Crippen LogP contribution in [0.15, 0.2) is 23.6 Å². The SMILES string of the molecule is COc1ccc(C(N)c2nc(C(C)(C)C)cs2)c(OC)c1. The first-order valence-corrected chi connectivity index (χ1v) is 7.68. The lowest BCUT2D eigenvalue weighted by Crippen LogP contribution is -2.15. The molecule has 5 heteroatoms. The van der Waals surface area contributed by atoms with Crippen LogP contribution in [0.3, 0.4) is 0 Å². The summed E-state index contributed by atoms with van der Waals surface area (Å²) in [6.45, 7) is 6.43. The molecule has 4 nitrogen and oxygen atoms in total. The normalized spacial score (nSPS) is 13.0. The average molecular weight is 306 g/mol. The Kier molecular flexibility index (Phi) is 4.54. The fraction of sp³-hybridized carbons (Fsp3) is 0.438. The molecule has 0 aliphatic carbocycles. The third-order valence-corrected chi connectivity index (χ3v) is 4.26. The van der Waals surface area contributed by atoms with Crippen molar-refractivity contribution in [2.45, 2.75) is 32.2 Å². The van der Waals surface area contributed by atoms with Gasteiger partial charge in [-0.2, -0.15) is 0 Å². The van der Waals surface area contributed by atoms with E-state index >= 15 is 0 Å². The Bertz CT molecular complexity index is 617. The van der Waals surface area contributed by atoms with Gasteiger partial charge in [-0.3, -0.25) is 0 Å². The molecule has 0 radical (unpaired) electrons. The van der Waals surface area contributed by atoms with Crippen molar-refractivity contribution < 1.29 is 9.47 Å². The standard InChI is InChI=1S/C16H22N2O2S/c1-16(2,3)13-9-21-15(18-13)14(17)11-7-6-10(19-4)8-12(11)20-5/h6-9,14H,17H2,1-5H3. The topological polar surface area (TPSA) is 57.4 Å². The minimum Gasteiger partial charge on any atom is -0.497 e. The molecular formula is C16H22N2O2S. The molecule has 2 aromatic rings. The van der Waals surface area contributed by atoms with Crippen LogP contribution in [0.2, 0.25) is 0 Å². The second-order valence-corrected chi connectivity index (χ2v) is 6.80. The number of benzene rings is 1. The highest BCUT2D eigenvalue weighted by atomic mass is 32.1. The van der Waals surface area contributed by atoms with E-state index in [1.165, 1.54) is 0 Å². The van der Waals surface area contributed by atoms with Gasteiger partial charge in [0.15, 0.2) is 0 Å². The number of nitrogens with two attached hydrogens (primary N) is 1. The quantitative estimate of drug-likeness (QED) is 0.939. The van der Waals surface area contributed by atoms with Crippen molar-refractivity contribution in [1.29, 1.82) is 0 Å². The first-order valence-electron chi connectivity index (χ1n) is 6.80. The Hall–Kier alpha value is -1.59. The van der Waals surface area contributed by atoms with Crippen molar-refractivity contribution in [2.75, 3.05) is 14.2 Å². The second kappa shape index (κ2) is 6.03. The summed E-state index contributed by atoms with van der Waals surface area (Å²) in [5.41, 5.74) is 8.37. The molecule has 0 aliphatic heterocycles. The van der Waals surface area contributed by atoms with E-state index in [1.54, 1.807) is 25.6 Å². The Morgan fingerprint density at radius 3 is 2.43 bits per heavy atom. The van der Waals surface area contributed by atoms with Crippen molar-refractivity contribution in [3.05, 3.63) is 39.8 Å². The van der Waals surface area contributed by atoms with Gasteiger partial charge in [0.05, 0.1) is 26.0 Å². The van der Waals surface area contributed by atoms with Crippen LogP contribution in [0.1, 0.15) is 43.1 Å². The number of hydrogen-bond acceptors (Lipinski definition) is 5. The molecule has 2 rings (SSSR count). The summed E-state index contributed by atoms with van der Waals surface area (Å²) in [5.74, 6) is 1.46. The number of nitrogens with zero attached hydrogens (tertiary/aromatic N) is 1. The predicted octanol–water partition coefficient (Wildman–Crippen LogP) is 3.51. The van der Waals surface area contributed by atoms with Crippen LogP contribution in [-0.2, 0) is 5.41 Å². The predicted molar refractivity (Wildman–Crippen MR) is 86.4 cm³/mol. The zero-order chi connectivity index (χ0) is 15.6. The van der Waals surface area contributed by atoms with Crippen LogP contribution < -0.4 is 15.2 Å². The number of methoxy groups -OCH3 is 2. The number of aromatic nitrogens is 1. The van der Waals surface area contributed by atoms with Crippen LogP contribution in [0.5, 0.6) is 11.5 Å². The monoisotopic (exact) mass is 306 g/mol. The highest BCUT2D eigenvalue weighted by Crippen LogP contribution is 2.34. The molecule has 0 saturated heterocycles. The molecule has 2 N–H and O–H groups in total. The summed E-state index contributed by atoms with van der Waals surface area (Å²) in [6.07, 6.45) is 0. The number of hydrogen-bond donors (Lipinski definition) is 1. The summed E-state index contributed by atoms with van der Waals surface area (Å²) in [5, 5.41) is 2.97. The average Bonchev–Trinajstić information content (AvgIpc) is 2.95. The van der Waals surface area contributed by atoms with Gasteiger partial charge in [-0.1, -0.05) is 20.8 Å².